The highest BCUT2D eigenvalue weighted by atomic mass is 19.4. The zero-order valence-electron chi connectivity index (χ0n) is 18.6. The number of alkyl halides is 3. The number of alkyl carbamates (subject to hydrolysis) is 1. The van der Waals surface area contributed by atoms with Gasteiger partial charge in [-0.1, -0.05) is 6.07 Å². The molecule has 0 saturated heterocycles. The molecule has 0 spiro atoms. The van der Waals surface area contributed by atoms with E-state index in [2.05, 4.69) is 10.3 Å². The molecule has 2 aliphatic rings. The predicted molar refractivity (Wildman–Crippen MR) is 110 cm³/mol. The number of hydrogen-bond acceptors (Lipinski definition) is 3. The average molecular weight is 471 g/mol. The van der Waals surface area contributed by atoms with Crippen molar-refractivity contribution in [2.75, 3.05) is 0 Å². The summed E-state index contributed by atoms with van der Waals surface area (Å²) in [7, 11) is 0. The molecule has 1 aliphatic heterocycles. The largest absolute Gasteiger partial charge is 0.444 e. The van der Waals surface area contributed by atoms with E-state index >= 15 is 0 Å². The van der Waals surface area contributed by atoms with Gasteiger partial charge in [0.1, 0.15) is 28.5 Å². The van der Waals surface area contributed by atoms with E-state index in [1.807, 2.05) is 0 Å². The maximum atomic E-state index is 14.6. The van der Waals surface area contributed by atoms with Gasteiger partial charge >= 0.3 is 12.3 Å². The van der Waals surface area contributed by atoms with Crippen molar-refractivity contribution < 1.29 is 31.5 Å². The molecule has 1 aliphatic carbocycles. The molecule has 2 heterocycles. The lowest BCUT2D eigenvalue weighted by atomic mass is 9.92. The minimum atomic E-state index is -4.48. The number of imidazole rings is 1. The molecule has 10 heteroatoms. The number of nitrogens with one attached hydrogen (secondary N) is 1. The smallest absolute Gasteiger partial charge is 0.408 e. The first-order valence-corrected chi connectivity index (χ1v) is 10.9. The minimum absolute atomic E-state index is 0.0374. The Morgan fingerprint density at radius 2 is 1.79 bits per heavy atom. The summed E-state index contributed by atoms with van der Waals surface area (Å²) in [6.45, 7) is 4.99. The third-order valence-electron chi connectivity index (χ3n) is 6.29. The Hall–Kier alpha value is -2.65. The average Bonchev–Trinajstić information content (AvgIpc) is 3.41. The summed E-state index contributed by atoms with van der Waals surface area (Å²) in [6, 6.07) is 2.74. The number of carbonyl (C=O) groups is 1. The Balaban J connectivity index is 1.75. The zero-order chi connectivity index (χ0) is 24.2. The van der Waals surface area contributed by atoms with Gasteiger partial charge in [-0.15, -0.1) is 0 Å². The summed E-state index contributed by atoms with van der Waals surface area (Å²) < 4.78 is 77.6. The number of fused-ring (bicyclic) bond motifs is 1. The summed E-state index contributed by atoms with van der Waals surface area (Å²) in [4.78, 5) is 16.7. The molecule has 2 aromatic rings. The Bertz CT molecular complexity index is 1030. The van der Waals surface area contributed by atoms with Crippen LogP contribution in [0.3, 0.4) is 0 Å². The van der Waals surface area contributed by atoms with Crippen LogP contribution in [0.4, 0.5) is 26.7 Å². The lowest BCUT2D eigenvalue weighted by Crippen LogP contribution is -2.36. The van der Waals surface area contributed by atoms with Crippen LogP contribution < -0.4 is 5.32 Å². The van der Waals surface area contributed by atoms with Crippen LogP contribution in [0.15, 0.2) is 24.4 Å². The molecular formula is C23H26F5N3O2. The van der Waals surface area contributed by atoms with Crippen LogP contribution in [-0.4, -0.2) is 27.4 Å². The van der Waals surface area contributed by atoms with Gasteiger partial charge in [-0.25, -0.2) is 18.6 Å². The highest BCUT2D eigenvalue weighted by Crippen LogP contribution is 2.59. The monoisotopic (exact) mass is 471 g/mol. The molecule has 1 aromatic carbocycles. The van der Waals surface area contributed by atoms with Crippen LogP contribution in [0.1, 0.15) is 75.5 Å². The van der Waals surface area contributed by atoms with Crippen LogP contribution in [0.25, 0.3) is 0 Å². The normalized spacial score (nSPS) is 22.3. The Morgan fingerprint density at radius 3 is 2.33 bits per heavy atom. The highest BCUT2D eigenvalue weighted by molar-refractivity contribution is 5.68. The standard InChI is InChI=1S/C23H26F5N3O2/c1-21(2,3)33-20(32)30-16-8-7-13(18-14(24)5-4-6-15(18)25)12-31-17(11-29-19(16)31)22(9-10-22)23(26,27)28/h4-6,11,13,16H,7-10,12H2,1-3H3,(H,30,32)/t13-,16-/m1/s1. The summed E-state index contributed by atoms with van der Waals surface area (Å²) in [5.74, 6) is -2.00. The first kappa shape index (κ1) is 23.5. The van der Waals surface area contributed by atoms with E-state index in [-0.39, 0.29) is 49.3 Å². The second-order valence-corrected chi connectivity index (χ2v) is 9.80. The first-order valence-electron chi connectivity index (χ1n) is 10.9. The van der Waals surface area contributed by atoms with Crippen molar-refractivity contribution in [3.63, 3.8) is 0 Å². The first-order chi connectivity index (χ1) is 15.3. The highest BCUT2D eigenvalue weighted by Gasteiger charge is 2.66. The van der Waals surface area contributed by atoms with Crippen molar-refractivity contribution in [1.82, 2.24) is 14.9 Å². The van der Waals surface area contributed by atoms with Gasteiger partial charge in [-0.05, 0) is 58.6 Å². The molecule has 1 fully saturated rings. The van der Waals surface area contributed by atoms with Gasteiger partial charge in [0, 0.05) is 24.2 Å². The van der Waals surface area contributed by atoms with Gasteiger partial charge < -0.3 is 14.6 Å². The number of aromatic nitrogens is 2. The molecular weight excluding hydrogens is 445 g/mol. The zero-order valence-corrected chi connectivity index (χ0v) is 18.6. The van der Waals surface area contributed by atoms with Crippen LogP contribution in [0.5, 0.6) is 0 Å². The van der Waals surface area contributed by atoms with Crippen molar-refractivity contribution >= 4 is 6.09 Å². The lowest BCUT2D eigenvalue weighted by Gasteiger charge is -2.25. The molecule has 1 saturated carbocycles. The lowest BCUT2D eigenvalue weighted by molar-refractivity contribution is -0.162. The molecule has 180 valence electrons. The van der Waals surface area contributed by atoms with E-state index in [1.54, 1.807) is 20.8 Å². The van der Waals surface area contributed by atoms with Crippen molar-refractivity contribution in [3.05, 3.63) is 53.1 Å². The number of hydrogen-bond donors (Lipinski definition) is 1. The topological polar surface area (TPSA) is 56.1 Å². The summed E-state index contributed by atoms with van der Waals surface area (Å²) >= 11 is 0. The molecule has 1 aromatic heterocycles. The van der Waals surface area contributed by atoms with Gasteiger partial charge in [-0.3, -0.25) is 0 Å². The molecule has 1 N–H and O–H groups in total. The Morgan fingerprint density at radius 1 is 1.15 bits per heavy atom. The van der Waals surface area contributed by atoms with Gasteiger partial charge in [-0.2, -0.15) is 13.2 Å². The maximum Gasteiger partial charge on any atom is 0.408 e. The van der Waals surface area contributed by atoms with Crippen LogP contribution in [0.2, 0.25) is 0 Å². The van der Waals surface area contributed by atoms with Crippen LogP contribution in [-0.2, 0) is 16.7 Å². The fourth-order valence-corrected chi connectivity index (χ4v) is 4.58. The van der Waals surface area contributed by atoms with Crippen molar-refractivity contribution in [2.24, 2.45) is 0 Å². The van der Waals surface area contributed by atoms with Crippen molar-refractivity contribution in [3.8, 4) is 0 Å². The number of benzene rings is 1. The van der Waals surface area contributed by atoms with E-state index in [0.29, 0.717) is 0 Å². The fraction of sp³-hybridized carbons (Fsp3) is 0.565. The van der Waals surface area contributed by atoms with Crippen LogP contribution in [0, 0.1) is 11.6 Å². The second kappa shape index (κ2) is 7.99. The van der Waals surface area contributed by atoms with E-state index in [9.17, 15) is 26.7 Å². The van der Waals surface area contributed by atoms with E-state index in [1.165, 1.54) is 16.8 Å². The molecule has 1 amide bonds. The van der Waals surface area contributed by atoms with E-state index in [4.69, 9.17) is 4.74 Å². The van der Waals surface area contributed by atoms with E-state index < -0.39 is 46.9 Å². The van der Waals surface area contributed by atoms with Crippen LogP contribution >= 0.6 is 0 Å². The minimum Gasteiger partial charge on any atom is -0.444 e. The SMILES string of the molecule is CC(C)(C)OC(=O)N[C@@H]1CC[C@@H](c2c(F)cccc2F)Cn2c(C3(C(F)(F)F)CC3)cnc21. The Labute approximate surface area is 188 Å². The summed E-state index contributed by atoms with van der Waals surface area (Å²) in [5, 5.41) is 2.68. The quantitative estimate of drug-likeness (QED) is 0.568. The fourth-order valence-electron chi connectivity index (χ4n) is 4.58. The van der Waals surface area contributed by atoms with Crippen molar-refractivity contribution in [1.29, 1.82) is 0 Å². The number of rotatable bonds is 3. The summed E-state index contributed by atoms with van der Waals surface area (Å²) in [5.41, 5.74) is -3.01. The van der Waals surface area contributed by atoms with Gasteiger partial charge in [0.25, 0.3) is 0 Å². The molecule has 4 rings (SSSR count). The predicted octanol–water partition coefficient (Wildman–Crippen LogP) is 5.90. The van der Waals surface area contributed by atoms with E-state index in [0.717, 1.165) is 12.1 Å². The maximum absolute atomic E-state index is 14.6. The van der Waals surface area contributed by atoms with Gasteiger partial charge in [0.05, 0.1) is 11.7 Å². The molecule has 5 nitrogen and oxygen atoms in total. The second-order valence-electron chi connectivity index (χ2n) is 9.80. The number of amides is 1. The molecule has 0 unspecified atom stereocenters. The van der Waals surface area contributed by atoms with Gasteiger partial charge in [0.15, 0.2) is 0 Å². The number of halogens is 5. The third kappa shape index (κ3) is 4.44. The molecule has 2 atom stereocenters. The molecule has 33 heavy (non-hydrogen) atoms. The molecule has 0 radical (unpaired) electrons. The third-order valence-corrected chi connectivity index (χ3v) is 6.29. The van der Waals surface area contributed by atoms with Gasteiger partial charge in [0.2, 0.25) is 0 Å². The Kier molecular flexibility index (Phi) is 5.69. The summed E-state index contributed by atoms with van der Waals surface area (Å²) in [6.07, 6.45) is -3.73. The number of carbonyl (C=O) groups excluding carboxylic acids is 1. The van der Waals surface area contributed by atoms with Crippen molar-refractivity contribution in [2.45, 2.75) is 82.2 Å². The number of ether oxygens (including phenoxy) is 1. The molecule has 0 bridgehead atoms. The number of nitrogens with zero attached hydrogens (tertiary/aromatic N) is 2.